The molecule has 1 N–H and O–H groups in total. The third-order valence-electron chi connectivity index (χ3n) is 3.56. The number of fused-ring (bicyclic) bond motifs is 1. The lowest BCUT2D eigenvalue weighted by Gasteiger charge is -2.13. The molecule has 96 valence electrons. The number of rotatable bonds is 3. The third-order valence-corrected chi connectivity index (χ3v) is 3.56. The van der Waals surface area contributed by atoms with Crippen LogP contribution in [0.3, 0.4) is 0 Å². The zero-order valence-corrected chi connectivity index (χ0v) is 10.6. The Balaban J connectivity index is 1.83. The average Bonchev–Trinajstić information content (AvgIpc) is 2.98. The molecule has 0 amide bonds. The molecule has 2 heterocycles. The van der Waals surface area contributed by atoms with Crippen LogP contribution in [0.15, 0.2) is 12.4 Å². The molecule has 1 aliphatic carbocycles. The summed E-state index contributed by atoms with van der Waals surface area (Å²) in [5.74, 6) is 1.68. The zero-order valence-electron chi connectivity index (χ0n) is 10.6. The number of aromatic nitrogens is 4. The van der Waals surface area contributed by atoms with Crippen LogP contribution in [0.5, 0.6) is 0 Å². The van der Waals surface area contributed by atoms with E-state index in [0.29, 0.717) is 12.1 Å². The van der Waals surface area contributed by atoms with Crippen LogP contribution < -0.4 is 5.32 Å². The maximum atomic E-state index is 5.38. The molecule has 6 nitrogen and oxygen atoms in total. The van der Waals surface area contributed by atoms with Crippen molar-refractivity contribution in [2.45, 2.75) is 38.3 Å². The van der Waals surface area contributed by atoms with Crippen molar-refractivity contribution in [1.82, 2.24) is 19.6 Å². The van der Waals surface area contributed by atoms with Gasteiger partial charge in [0.05, 0.1) is 6.10 Å². The second-order valence-electron chi connectivity index (χ2n) is 4.73. The predicted molar refractivity (Wildman–Crippen MR) is 67.6 cm³/mol. The number of methoxy groups -OCH3 is 1. The van der Waals surface area contributed by atoms with Crippen LogP contribution >= 0.6 is 0 Å². The highest BCUT2D eigenvalue weighted by molar-refractivity contribution is 5.62. The van der Waals surface area contributed by atoms with Gasteiger partial charge >= 0.3 is 0 Å². The van der Waals surface area contributed by atoms with Crippen molar-refractivity contribution in [3.8, 4) is 0 Å². The highest BCUT2D eigenvalue weighted by Gasteiger charge is 2.25. The van der Waals surface area contributed by atoms with Crippen molar-refractivity contribution >= 4 is 11.5 Å². The third kappa shape index (κ3) is 1.92. The van der Waals surface area contributed by atoms with Crippen molar-refractivity contribution in [3.05, 3.63) is 18.2 Å². The number of nitrogens with zero attached hydrogens (tertiary/aromatic N) is 4. The van der Waals surface area contributed by atoms with E-state index in [0.717, 1.165) is 36.6 Å². The van der Waals surface area contributed by atoms with E-state index >= 15 is 0 Å². The molecule has 6 heteroatoms. The molecule has 0 aliphatic heterocycles. The Morgan fingerprint density at radius 1 is 1.39 bits per heavy atom. The number of nitrogens with one attached hydrogen (secondary N) is 1. The van der Waals surface area contributed by atoms with E-state index in [2.05, 4.69) is 20.5 Å². The SMILES string of the molecule is COC1CCC(Nc2nccn3c(C)nnc23)C1. The standard InChI is InChI=1S/C12H17N5O/c1-8-15-16-12-11(13-5-6-17(8)12)14-9-3-4-10(7-9)18-2/h5-6,9-10H,3-4,7H2,1-2H3,(H,13,14). The Morgan fingerprint density at radius 2 is 2.28 bits per heavy atom. The molecule has 1 aliphatic rings. The molecule has 18 heavy (non-hydrogen) atoms. The summed E-state index contributed by atoms with van der Waals surface area (Å²) in [5, 5.41) is 11.7. The van der Waals surface area contributed by atoms with Gasteiger partial charge < -0.3 is 10.1 Å². The molecule has 2 aromatic rings. The first-order valence-corrected chi connectivity index (χ1v) is 6.23. The summed E-state index contributed by atoms with van der Waals surface area (Å²) in [6, 6.07) is 0.408. The van der Waals surface area contributed by atoms with Crippen LogP contribution in [0.1, 0.15) is 25.1 Å². The molecule has 3 rings (SSSR count). The van der Waals surface area contributed by atoms with Crippen molar-refractivity contribution in [2.24, 2.45) is 0 Å². The Hall–Kier alpha value is -1.69. The summed E-state index contributed by atoms with van der Waals surface area (Å²) in [7, 11) is 1.77. The Bertz CT molecular complexity index is 552. The van der Waals surface area contributed by atoms with Crippen molar-refractivity contribution in [2.75, 3.05) is 12.4 Å². The largest absolute Gasteiger partial charge is 0.381 e. The minimum absolute atomic E-state index is 0.363. The van der Waals surface area contributed by atoms with Gasteiger partial charge in [0.15, 0.2) is 5.82 Å². The van der Waals surface area contributed by atoms with Crippen LogP contribution in [-0.2, 0) is 4.74 Å². The fourth-order valence-electron chi connectivity index (χ4n) is 2.52. The second-order valence-corrected chi connectivity index (χ2v) is 4.73. The highest BCUT2D eigenvalue weighted by atomic mass is 16.5. The van der Waals surface area contributed by atoms with Gasteiger partial charge in [-0.3, -0.25) is 4.40 Å². The first kappa shape index (κ1) is 11.4. The van der Waals surface area contributed by atoms with Gasteiger partial charge in [-0.2, -0.15) is 0 Å². The monoisotopic (exact) mass is 247 g/mol. The second kappa shape index (κ2) is 4.53. The first-order chi connectivity index (χ1) is 8.78. The van der Waals surface area contributed by atoms with Crippen LogP contribution in [0.2, 0.25) is 0 Å². The van der Waals surface area contributed by atoms with Gasteiger partial charge in [-0.25, -0.2) is 4.98 Å². The van der Waals surface area contributed by atoms with E-state index in [1.165, 1.54) is 0 Å². The summed E-state index contributed by atoms with van der Waals surface area (Å²) in [6.07, 6.45) is 7.24. The van der Waals surface area contributed by atoms with Gasteiger partial charge in [-0.1, -0.05) is 0 Å². The summed E-state index contributed by atoms with van der Waals surface area (Å²) < 4.78 is 7.32. The maximum absolute atomic E-state index is 5.38. The van der Waals surface area contributed by atoms with Gasteiger partial charge in [-0.05, 0) is 26.2 Å². The van der Waals surface area contributed by atoms with Gasteiger partial charge in [0.1, 0.15) is 5.82 Å². The zero-order chi connectivity index (χ0) is 12.5. The van der Waals surface area contributed by atoms with E-state index in [1.54, 1.807) is 13.3 Å². The highest BCUT2D eigenvalue weighted by Crippen LogP contribution is 2.25. The van der Waals surface area contributed by atoms with Crippen molar-refractivity contribution in [3.63, 3.8) is 0 Å². The lowest BCUT2D eigenvalue weighted by molar-refractivity contribution is 0.108. The predicted octanol–water partition coefficient (Wildman–Crippen LogP) is 1.41. The van der Waals surface area contributed by atoms with Crippen molar-refractivity contribution < 1.29 is 4.74 Å². The van der Waals surface area contributed by atoms with Gasteiger partial charge in [0.25, 0.3) is 0 Å². The molecule has 2 atom stereocenters. The molecular weight excluding hydrogens is 230 g/mol. The Morgan fingerprint density at radius 3 is 3.06 bits per heavy atom. The lowest BCUT2D eigenvalue weighted by atomic mass is 10.2. The number of ether oxygens (including phenoxy) is 1. The van der Waals surface area contributed by atoms with E-state index < -0.39 is 0 Å². The Kier molecular flexibility index (Phi) is 2.87. The topological polar surface area (TPSA) is 64.3 Å². The number of aryl methyl sites for hydroxylation is 1. The molecule has 2 aromatic heterocycles. The van der Waals surface area contributed by atoms with E-state index in [-0.39, 0.29) is 0 Å². The van der Waals surface area contributed by atoms with Gasteiger partial charge in [0.2, 0.25) is 5.65 Å². The molecule has 0 spiro atoms. The molecule has 0 aromatic carbocycles. The summed E-state index contributed by atoms with van der Waals surface area (Å²) in [4.78, 5) is 4.36. The molecule has 0 bridgehead atoms. The normalized spacial score (nSPS) is 23.7. The number of hydrogen-bond acceptors (Lipinski definition) is 5. The van der Waals surface area contributed by atoms with E-state index in [1.807, 2.05) is 17.5 Å². The van der Waals surface area contributed by atoms with Gasteiger partial charge in [-0.15, -0.1) is 10.2 Å². The number of hydrogen-bond donors (Lipinski definition) is 1. The molecule has 1 saturated carbocycles. The molecule has 0 radical (unpaired) electrons. The van der Waals surface area contributed by atoms with Crippen LogP contribution in [0, 0.1) is 6.92 Å². The maximum Gasteiger partial charge on any atom is 0.203 e. The summed E-state index contributed by atoms with van der Waals surface area (Å²) >= 11 is 0. The Labute approximate surface area is 105 Å². The number of anilines is 1. The van der Waals surface area contributed by atoms with Crippen LogP contribution in [-0.4, -0.2) is 38.8 Å². The lowest BCUT2D eigenvalue weighted by Crippen LogP contribution is -2.18. The fourth-order valence-corrected chi connectivity index (χ4v) is 2.52. The van der Waals surface area contributed by atoms with E-state index in [4.69, 9.17) is 4.74 Å². The minimum Gasteiger partial charge on any atom is -0.381 e. The van der Waals surface area contributed by atoms with Crippen LogP contribution in [0.25, 0.3) is 5.65 Å². The quantitative estimate of drug-likeness (QED) is 0.888. The van der Waals surface area contributed by atoms with E-state index in [9.17, 15) is 0 Å². The molecular formula is C12H17N5O. The van der Waals surface area contributed by atoms with Gasteiger partial charge in [0, 0.05) is 25.5 Å². The average molecular weight is 247 g/mol. The fraction of sp³-hybridized carbons (Fsp3) is 0.583. The molecule has 2 unspecified atom stereocenters. The smallest absolute Gasteiger partial charge is 0.203 e. The first-order valence-electron chi connectivity index (χ1n) is 6.23. The minimum atomic E-state index is 0.363. The summed E-state index contributed by atoms with van der Waals surface area (Å²) in [6.45, 7) is 1.93. The summed E-state index contributed by atoms with van der Waals surface area (Å²) in [5.41, 5.74) is 0.788. The molecule has 0 saturated heterocycles. The van der Waals surface area contributed by atoms with Crippen LogP contribution in [0.4, 0.5) is 5.82 Å². The van der Waals surface area contributed by atoms with Crippen molar-refractivity contribution in [1.29, 1.82) is 0 Å². The molecule has 1 fully saturated rings.